The van der Waals surface area contributed by atoms with Crippen molar-refractivity contribution >= 4 is 27.5 Å². The van der Waals surface area contributed by atoms with Gasteiger partial charge in [-0.2, -0.15) is 0 Å². The zero-order valence-corrected chi connectivity index (χ0v) is 9.63. The summed E-state index contributed by atoms with van der Waals surface area (Å²) in [5.41, 5.74) is 1.83. The second kappa shape index (κ2) is 4.30. The topological polar surface area (TPSA) is 20.3 Å². The fourth-order valence-electron chi connectivity index (χ4n) is 1.15. The Morgan fingerprint density at radius 2 is 2.21 bits per heavy atom. The van der Waals surface area contributed by atoms with Crippen LogP contribution in [0.2, 0.25) is 0 Å². The van der Waals surface area contributed by atoms with Crippen LogP contribution in [0.1, 0.15) is 5.56 Å². The third-order valence-electron chi connectivity index (χ3n) is 1.96. The van der Waals surface area contributed by atoms with E-state index in [2.05, 4.69) is 21.9 Å². The maximum atomic E-state index is 11.3. The molecule has 0 aliphatic carbocycles. The summed E-state index contributed by atoms with van der Waals surface area (Å²) in [4.78, 5) is 12.7. The van der Waals surface area contributed by atoms with Gasteiger partial charge in [-0.1, -0.05) is 22.0 Å². The molecule has 0 atom stereocenters. The van der Waals surface area contributed by atoms with Crippen molar-refractivity contribution in [1.82, 2.24) is 0 Å². The maximum absolute atomic E-state index is 11.3. The lowest BCUT2D eigenvalue weighted by molar-refractivity contribution is -0.113. The fourth-order valence-corrected chi connectivity index (χ4v) is 1.50. The van der Waals surface area contributed by atoms with E-state index in [-0.39, 0.29) is 5.91 Å². The lowest BCUT2D eigenvalue weighted by atomic mass is 10.2. The molecular weight excluding hydrogens is 242 g/mol. The molecule has 1 aromatic rings. The van der Waals surface area contributed by atoms with Gasteiger partial charge in [0.2, 0.25) is 0 Å². The van der Waals surface area contributed by atoms with Crippen LogP contribution in [0.25, 0.3) is 0 Å². The molecular formula is C11H10BrNO. The van der Waals surface area contributed by atoms with Gasteiger partial charge in [0.25, 0.3) is 0 Å². The van der Waals surface area contributed by atoms with Crippen molar-refractivity contribution in [2.45, 2.75) is 6.92 Å². The molecule has 0 N–H and O–H groups in total. The van der Waals surface area contributed by atoms with Gasteiger partial charge in [-0.3, -0.25) is 4.79 Å². The van der Waals surface area contributed by atoms with Gasteiger partial charge in [-0.25, -0.2) is 0 Å². The van der Waals surface area contributed by atoms with E-state index in [9.17, 15) is 4.79 Å². The third kappa shape index (κ3) is 2.15. The Morgan fingerprint density at radius 3 is 2.79 bits per heavy atom. The van der Waals surface area contributed by atoms with E-state index >= 15 is 0 Å². The zero-order chi connectivity index (χ0) is 10.7. The van der Waals surface area contributed by atoms with Crippen LogP contribution >= 0.6 is 15.9 Å². The first-order valence-corrected chi connectivity index (χ1v) is 4.86. The molecule has 1 rings (SSSR count). The highest BCUT2D eigenvalue weighted by Crippen LogP contribution is 2.23. The predicted molar refractivity (Wildman–Crippen MR) is 61.1 cm³/mol. The van der Waals surface area contributed by atoms with E-state index in [0.29, 0.717) is 0 Å². The molecule has 0 radical (unpaired) electrons. The predicted octanol–water partition coefficient (Wildman–Crippen LogP) is 2.35. The minimum Gasteiger partial charge on any atom is -0.304 e. The first kappa shape index (κ1) is 10.8. The molecule has 14 heavy (non-hydrogen) atoms. The van der Waals surface area contributed by atoms with Gasteiger partial charge in [0.15, 0.2) is 0 Å². The molecule has 0 aliphatic heterocycles. The fraction of sp³-hybridized carbons (Fsp3) is 0.182. The number of benzene rings is 1. The molecule has 1 amide bonds. The van der Waals surface area contributed by atoms with Crippen molar-refractivity contribution in [2.75, 3.05) is 11.9 Å². The van der Waals surface area contributed by atoms with Crippen LogP contribution < -0.4 is 4.90 Å². The first-order chi connectivity index (χ1) is 6.56. The average Bonchev–Trinajstić information content (AvgIpc) is 2.19. The van der Waals surface area contributed by atoms with Gasteiger partial charge >= 0.3 is 5.91 Å². The molecule has 3 heteroatoms. The van der Waals surface area contributed by atoms with Crippen molar-refractivity contribution in [3.05, 3.63) is 28.2 Å². The second-order valence-electron chi connectivity index (χ2n) is 2.94. The molecule has 0 saturated carbocycles. The summed E-state index contributed by atoms with van der Waals surface area (Å²) in [6, 6.07) is 5.72. The number of nitrogens with zero attached hydrogens (tertiary/aromatic N) is 1. The highest BCUT2D eigenvalue weighted by Gasteiger charge is 2.10. The van der Waals surface area contributed by atoms with Gasteiger partial charge in [0, 0.05) is 17.2 Å². The largest absolute Gasteiger partial charge is 0.304 e. The summed E-state index contributed by atoms with van der Waals surface area (Å²) in [6.07, 6.45) is 5.05. The smallest absolute Gasteiger partial charge is 0.302 e. The van der Waals surface area contributed by atoms with Crippen LogP contribution in [0.15, 0.2) is 22.7 Å². The summed E-state index contributed by atoms with van der Waals surface area (Å²) in [6.45, 7) is 1.93. The van der Waals surface area contributed by atoms with Gasteiger partial charge in [-0.15, -0.1) is 6.42 Å². The number of carbonyl (C=O) groups excluding carboxylic acids is 1. The molecule has 0 bridgehead atoms. The Bertz CT molecular complexity index is 406. The zero-order valence-electron chi connectivity index (χ0n) is 8.04. The molecule has 0 heterocycles. The van der Waals surface area contributed by atoms with Crippen LogP contribution in [-0.2, 0) is 4.79 Å². The highest BCUT2D eigenvalue weighted by atomic mass is 79.9. The standard InChI is InChI=1S/C11H10BrNO/c1-4-11(14)13(3)10-7-9(12)6-5-8(10)2/h1,5-7H,2-3H3. The lowest BCUT2D eigenvalue weighted by Crippen LogP contribution is -2.24. The van der Waals surface area contributed by atoms with E-state index in [4.69, 9.17) is 6.42 Å². The number of carbonyl (C=O) groups is 1. The van der Waals surface area contributed by atoms with Gasteiger partial charge < -0.3 is 4.90 Å². The van der Waals surface area contributed by atoms with E-state index in [1.807, 2.05) is 25.1 Å². The summed E-state index contributed by atoms with van der Waals surface area (Å²) in [5, 5.41) is 0. The molecule has 0 unspecified atom stereocenters. The van der Waals surface area contributed by atoms with Crippen molar-refractivity contribution in [3.8, 4) is 12.3 Å². The summed E-state index contributed by atoms with van der Waals surface area (Å²) >= 11 is 3.35. The minimum atomic E-state index is -0.341. The molecule has 0 aliphatic rings. The number of rotatable bonds is 1. The van der Waals surface area contributed by atoms with Gasteiger partial charge in [0.05, 0.1) is 0 Å². The van der Waals surface area contributed by atoms with Crippen LogP contribution in [0.5, 0.6) is 0 Å². The maximum Gasteiger partial charge on any atom is 0.302 e. The molecule has 0 fully saturated rings. The van der Waals surface area contributed by atoms with Crippen LogP contribution in [0.3, 0.4) is 0 Å². The quantitative estimate of drug-likeness (QED) is 0.702. The lowest BCUT2D eigenvalue weighted by Gasteiger charge is -2.16. The molecule has 0 aromatic heterocycles. The Balaban J connectivity index is 3.13. The normalized spacial score (nSPS) is 9.29. The first-order valence-electron chi connectivity index (χ1n) is 4.06. The molecule has 1 aromatic carbocycles. The Labute approximate surface area is 92.0 Å². The molecule has 72 valence electrons. The Morgan fingerprint density at radius 1 is 1.57 bits per heavy atom. The average molecular weight is 252 g/mol. The summed E-state index contributed by atoms with van der Waals surface area (Å²) < 4.78 is 0.926. The minimum absolute atomic E-state index is 0.341. The number of halogens is 1. The number of hydrogen-bond donors (Lipinski definition) is 0. The Kier molecular flexibility index (Phi) is 3.32. The van der Waals surface area contributed by atoms with E-state index in [1.54, 1.807) is 7.05 Å². The molecule has 2 nitrogen and oxygen atoms in total. The Hall–Kier alpha value is -1.27. The second-order valence-corrected chi connectivity index (χ2v) is 3.85. The van der Waals surface area contributed by atoms with Crippen molar-refractivity contribution in [3.63, 3.8) is 0 Å². The number of terminal acetylenes is 1. The summed E-state index contributed by atoms with van der Waals surface area (Å²) in [7, 11) is 1.66. The van der Waals surface area contributed by atoms with Crippen LogP contribution in [0, 0.1) is 19.3 Å². The monoisotopic (exact) mass is 251 g/mol. The number of hydrogen-bond acceptors (Lipinski definition) is 1. The van der Waals surface area contributed by atoms with E-state index < -0.39 is 0 Å². The SMILES string of the molecule is C#CC(=O)N(C)c1cc(Br)ccc1C. The summed E-state index contributed by atoms with van der Waals surface area (Å²) in [5.74, 6) is 1.74. The highest BCUT2D eigenvalue weighted by molar-refractivity contribution is 9.10. The number of amides is 1. The molecule has 0 spiro atoms. The van der Waals surface area contributed by atoms with Gasteiger partial charge in [0.1, 0.15) is 0 Å². The van der Waals surface area contributed by atoms with E-state index in [0.717, 1.165) is 15.7 Å². The number of aryl methyl sites for hydroxylation is 1. The van der Waals surface area contributed by atoms with Crippen molar-refractivity contribution < 1.29 is 4.79 Å². The van der Waals surface area contributed by atoms with E-state index in [1.165, 1.54) is 4.90 Å². The van der Waals surface area contributed by atoms with Gasteiger partial charge in [-0.05, 0) is 30.5 Å². The van der Waals surface area contributed by atoms with Crippen LogP contribution in [0.4, 0.5) is 5.69 Å². The van der Waals surface area contributed by atoms with Crippen LogP contribution in [-0.4, -0.2) is 13.0 Å². The number of anilines is 1. The van der Waals surface area contributed by atoms with Crippen molar-refractivity contribution in [1.29, 1.82) is 0 Å². The molecule has 0 saturated heterocycles. The van der Waals surface area contributed by atoms with Crippen molar-refractivity contribution in [2.24, 2.45) is 0 Å². The third-order valence-corrected chi connectivity index (χ3v) is 2.45.